The summed E-state index contributed by atoms with van der Waals surface area (Å²) in [6, 6.07) is 8.76. The van der Waals surface area contributed by atoms with Crippen LogP contribution in [-0.4, -0.2) is 21.5 Å². The Morgan fingerprint density at radius 3 is 2.59 bits per heavy atom. The Hall–Kier alpha value is -3.12. The van der Waals surface area contributed by atoms with E-state index in [1.165, 1.54) is 17.0 Å². The highest BCUT2D eigenvalue weighted by Gasteiger charge is 2.19. The highest BCUT2D eigenvalue weighted by Crippen LogP contribution is 2.19. The zero-order valence-corrected chi connectivity index (χ0v) is 12.5. The number of fused-ring (bicyclic) bond motifs is 1. The van der Waals surface area contributed by atoms with Gasteiger partial charge in [-0.05, 0) is 44.5 Å². The van der Waals surface area contributed by atoms with Crippen LogP contribution in [0.2, 0.25) is 0 Å². The molecule has 0 unspecified atom stereocenters. The molecule has 0 aliphatic heterocycles. The zero-order valence-electron chi connectivity index (χ0n) is 12.5. The van der Waals surface area contributed by atoms with Crippen LogP contribution in [-0.2, 0) is 4.74 Å². The second kappa shape index (κ2) is 5.71. The third-order valence-electron chi connectivity index (χ3n) is 2.71. The molecule has 0 spiro atoms. The van der Waals surface area contributed by atoms with Crippen LogP contribution in [0, 0.1) is 22.7 Å². The fourth-order valence-corrected chi connectivity index (χ4v) is 1.85. The van der Waals surface area contributed by atoms with Crippen LogP contribution in [0.15, 0.2) is 30.0 Å². The number of benzene rings is 1. The van der Waals surface area contributed by atoms with Gasteiger partial charge in [0.05, 0.1) is 11.7 Å². The molecule has 0 amide bonds. The second-order valence-electron chi connectivity index (χ2n) is 5.64. The molecule has 6 nitrogen and oxygen atoms in total. The first-order chi connectivity index (χ1) is 10.3. The summed E-state index contributed by atoms with van der Waals surface area (Å²) < 4.78 is 6.47. The largest absolute Gasteiger partial charge is 0.442 e. The van der Waals surface area contributed by atoms with E-state index in [9.17, 15) is 4.79 Å². The maximum Gasteiger partial charge on any atom is 0.435 e. The number of carbonyl (C=O) groups excluding carboxylic acids is 1. The van der Waals surface area contributed by atoms with E-state index in [1.807, 2.05) is 0 Å². The minimum Gasteiger partial charge on any atom is -0.442 e. The number of carbonyl (C=O) groups is 1. The number of hydrogen-bond donors (Lipinski definition) is 0. The van der Waals surface area contributed by atoms with Gasteiger partial charge in [-0.25, -0.2) is 4.79 Å². The average Bonchev–Trinajstić information content (AvgIpc) is 2.86. The number of ether oxygens (including phenoxy) is 1. The van der Waals surface area contributed by atoms with Gasteiger partial charge in [-0.2, -0.15) is 20.3 Å². The van der Waals surface area contributed by atoms with Crippen LogP contribution in [0.1, 0.15) is 26.3 Å². The predicted octanol–water partition coefficient (Wildman–Crippen LogP) is 3.25. The van der Waals surface area contributed by atoms with Crippen molar-refractivity contribution >= 4 is 23.1 Å². The van der Waals surface area contributed by atoms with E-state index in [2.05, 4.69) is 5.10 Å². The van der Waals surface area contributed by atoms with Crippen LogP contribution in [0.4, 0.5) is 4.79 Å². The van der Waals surface area contributed by atoms with Gasteiger partial charge >= 0.3 is 6.09 Å². The van der Waals surface area contributed by atoms with Crippen molar-refractivity contribution in [3.05, 3.63) is 35.5 Å². The minimum absolute atomic E-state index is 0.0129. The topological polar surface area (TPSA) is 91.7 Å². The van der Waals surface area contributed by atoms with Crippen LogP contribution >= 0.6 is 0 Å². The van der Waals surface area contributed by atoms with Crippen molar-refractivity contribution in [2.75, 3.05) is 0 Å². The van der Waals surface area contributed by atoms with E-state index in [0.717, 1.165) is 5.39 Å². The summed E-state index contributed by atoms with van der Waals surface area (Å²) in [5, 5.41) is 22.3. The van der Waals surface area contributed by atoms with E-state index in [0.29, 0.717) is 11.1 Å². The Labute approximate surface area is 127 Å². The molecule has 6 heteroatoms. The molecular weight excluding hydrogens is 280 g/mol. The van der Waals surface area contributed by atoms with Gasteiger partial charge in [-0.1, -0.05) is 6.07 Å². The standard InChI is InChI=1S/C16H14N4O2/c1-16(2,3)22-15(21)20-14-5-4-11(6-12(8-17)9-18)7-13(14)10-19-20/h4-7,10H,1-3H3. The van der Waals surface area contributed by atoms with Gasteiger partial charge in [0.15, 0.2) is 0 Å². The van der Waals surface area contributed by atoms with Gasteiger partial charge in [0.2, 0.25) is 0 Å². The van der Waals surface area contributed by atoms with Gasteiger partial charge in [0, 0.05) is 5.39 Å². The van der Waals surface area contributed by atoms with Crippen molar-refractivity contribution in [3.63, 3.8) is 0 Å². The summed E-state index contributed by atoms with van der Waals surface area (Å²) >= 11 is 0. The second-order valence-corrected chi connectivity index (χ2v) is 5.64. The van der Waals surface area contributed by atoms with Crippen LogP contribution in [0.3, 0.4) is 0 Å². The summed E-state index contributed by atoms with van der Waals surface area (Å²) in [4.78, 5) is 12.1. The Kier molecular flexibility index (Phi) is 3.96. The number of aromatic nitrogens is 2. The van der Waals surface area contributed by atoms with Crippen molar-refractivity contribution in [3.8, 4) is 12.1 Å². The molecule has 0 atom stereocenters. The van der Waals surface area contributed by atoms with Crippen molar-refractivity contribution in [1.29, 1.82) is 10.5 Å². The molecule has 0 aliphatic rings. The molecular formula is C16H14N4O2. The van der Waals surface area contributed by atoms with E-state index >= 15 is 0 Å². The molecule has 2 aromatic rings. The van der Waals surface area contributed by atoms with Crippen molar-refractivity contribution in [2.45, 2.75) is 26.4 Å². The summed E-state index contributed by atoms with van der Waals surface area (Å²) in [7, 11) is 0. The maximum absolute atomic E-state index is 12.1. The Balaban J connectivity index is 2.40. The molecule has 0 fully saturated rings. The lowest BCUT2D eigenvalue weighted by Crippen LogP contribution is -2.27. The van der Waals surface area contributed by atoms with Crippen LogP contribution < -0.4 is 0 Å². The third-order valence-corrected chi connectivity index (χ3v) is 2.71. The van der Waals surface area contributed by atoms with E-state index in [1.54, 1.807) is 51.1 Å². The minimum atomic E-state index is -0.605. The SMILES string of the molecule is CC(C)(C)OC(=O)n1ncc2cc(C=C(C#N)C#N)ccc21. The molecule has 0 saturated carbocycles. The van der Waals surface area contributed by atoms with Gasteiger partial charge in [0.25, 0.3) is 0 Å². The van der Waals surface area contributed by atoms with Gasteiger partial charge in [0.1, 0.15) is 23.3 Å². The number of hydrogen-bond acceptors (Lipinski definition) is 5. The molecule has 0 saturated heterocycles. The predicted molar refractivity (Wildman–Crippen MR) is 80.6 cm³/mol. The molecule has 0 N–H and O–H groups in total. The Bertz CT molecular complexity index is 826. The number of allylic oxidation sites excluding steroid dienone is 1. The quantitative estimate of drug-likeness (QED) is 0.753. The lowest BCUT2D eigenvalue weighted by molar-refractivity contribution is 0.0523. The van der Waals surface area contributed by atoms with Gasteiger partial charge in [-0.3, -0.25) is 0 Å². The van der Waals surface area contributed by atoms with Crippen molar-refractivity contribution < 1.29 is 9.53 Å². The first-order valence-electron chi connectivity index (χ1n) is 6.57. The fraction of sp³-hybridized carbons (Fsp3) is 0.250. The molecule has 0 bridgehead atoms. The summed E-state index contributed by atoms with van der Waals surface area (Å²) in [6.07, 6.45) is 2.46. The highest BCUT2D eigenvalue weighted by atomic mass is 16.6. The van der Waals surface area contributed by atoms with E-state index in [-0.39, 0.29) is 5.57 Å². The van der Waals surface area contributed by atoms with E-state index in [4.69, 9.17) is 15.3 Å². The Morgan fingerprint density at radius 1 is 1.32 bits per heavy atom. The molecule has 110 valence electrons. The number of rotatable bonds is 1. The lowest BCUT2D eigenvalue weighted by atomic mass is 10.1. The normalized spacial score (nSPS) is 10.6. The van der Waals surface area contributed by atoms with Crippen molar-refractivity contribution in [1.82, 2.24) is 9.78 Å². The molecule has 0 radical (unpaired) electrons. The van der Waals surface area contributed by atoms with Gasteiger partial charge in [-0.15, -0.1) is 0 Å². The molecule has 1 aromatic heterocycles. The van der Waals surface area contributed by atoms with Gasteiger partial charge < -0.3 is 4.74 Å². The maximum atomic E-state index is 12.1. The molecule has 22 heavy (non-hydrogen) atoms. The summed E-state index contributed by atoms with van der Waals surface area (Å²) in [6.45, 7) is 5.35. The van der Waals surface area contributed by atoms with Crippen LogP contribution in [0.25, 0.3) is 17.0 Å². The number of nitriles is 2. The van der Waals surface area contributed by atoms with Crippen LogP contribution in [0.5, 0.6) is 0 Å². The smallest absolute Gasteiger partial charge is 0.435 e. The average molecular weight is 294 g/mol. The number of nitrogens with zero attached hydrogens (tertiary/aromatic N) is 4. The highest BCUT2D eigenvalue weighted by molar-refractivity contribution is 5.89. The summed E-state index contributed by atoms with van der Waals surface area (Å²) in [5.41, 5.74) is 0.696. The third kappa shape index (κ3) is 3.31. The monoisotopic (exact) mass is 294 g/mol. The van der Waals surface area contributed by atoms with Crippen molar-refractivity contribution in [2.24, 2.45) is 0 Å². The molecule has 1 heterocycles. The molecule has 0 aliphatic carbocycles. The molecule has 2 rings (SSSR count). The lowest BCUT2D eigenvalue weighted by Gasteiger charge is -2.19. The zero-order chi connectivity index (χ0) is 16.3. The first-order valence-corrected chi connectivity index (χ1v) is 6.57. The fourth-order valence-electron chi connectivity index (χ4n) is 1.85. The summed E-state index contributed by atoms with van der Waals surface area (Å²) in [5.74, 6) is 0. The molecule has 1 aromatic carbocycles. The van der Waals surface area contributed by atoms with E-state index < -0.39 is 11.7 Å². The first kappa shape index (κ1) is 15.3. The Morgan fingerprint density at radius 2 is 2.00 bits per heavy atom.